The summed E-state index contributed by atoms with van der Waals surface area (Å²) in [6, 6.07) is 0.933. The molecule has 6 heteroatoms. The van der Waals surface area contributed by atoms with Crippen molar-refractivity contribution in [1.82, 2.24) is 21.5 Å². The summed E-state index contributed by atoms with van der Waals surface area (Å²) in [6.07, 6.45) is 14.2. The van der Waals surface area contributed by atoms with E-state index in [9.17, 15) is 0 Å². The molecule has 4 aliphatic rings. The first-order chi connectivity index (χ1) is 10.7. The highest BCUT2D eigenvalue weighted by molar-refractivity contribution is 7.80. The van der Waals surface area contributed by atoms with Gasteiger partial charge in [0.15, 0.2) is 10.2 Å². The van der Waals surface area contributed by atoms with Crippen molar-refractivity contribution >= 4 is 34.7 Å². The Balaban J connectivity index is 1.18. The van der Waals surface area contributed by atoms with Gasteiger partial charge in [-0.1, -0.05) is 24.3 Å². The van der Waals surface area contributed by atoms with E-state index in [1.165, 1.54) is 25.7 Å². The van der Waals surface area contributed by atoms with E-state index in [-0.39, 0.29) is 0 Å². The average molecular weight is 335 g/mol. The number of rotatable bonds is 2. The second kappa shape index (κ2) is 5.81. The van der Waals surface area contributed by atoms with Gasteiger partial charge in [0.1, 0.15) is 0 Å². The number of allylic oxidation sites excluding steroid dienone is 2. The van der Waals surface area contributed by atoms with Crippen molar-refractivity contribution in [1.29, 1.82) is 0 Å². The molecular weight excluding hydrogens is 312 g/mol. The molecule has 0 aliphatic heterocycles. The van der Waals surface area contributed by atoms with Crippen LogP contribution >= 0.6 is 24.4 Å². The monoisotopic (exact) mass is 334 g/mol. The van der Waals surface area contributed by atoms with Crippen LogP contribution in [0.25, 0.3) is 0 Å². The van der Waals surface area contributed by atoms with Gasteiger partial charge in [-0.25, -0.2) is 0 Å². The van der Waals surface area contributed by atoms with Gasteiger partial charge in [0.05, 0.1) is 0 Å². The van der Waals surface area contributed by atoms with E-state index >= 15 is 0 Å². The molecule has 4 rings (SSSR count). The molecule has 2 saturated carbocycles. The molecule has 4 aliphatic carbocycles. The minimum Gasteiger partial charge on any atom is -0.358 e. The maximum atomic E-state index is 5.35. The number of hydrogen-bond acceptors (Lipinski definition) is 2. The third-order valence-corrected chi connectivity index (χ3v) is 5.92. The lowest BCUT2D eigenvalue weighted by Gasteiger charge is -2.24. The fourth-order valence-corrected chi connectivity index (χ4v) is 4.82. The van der Waals surface area contributed by atoms with Crippen molar-refractivity contribution in [3.63, 3.8) is 0 Å². The Labute approximate surface area is 142 Å². The molecule has 118 valence electrons. The molecule has 4 N–H and O–H groups in total. The summed E-state index contributed by atoms with van der Waals surface area (Å²) in [6.45, 7) is 0. The summed E-state index contributed by atoms with van der Waals surface area (Å²) in [4.78, 5) is 0. The molecule has 0 aromatic heterocycles. The van der Waals surface area contributed by atoms with Gasteiger partial charge in [-0.15, -0.1) is 0 Å². The zero-order valence-corrected chi connectivity index (χ0v) is 14.1. The molecule has 0 amide bonds. The molecule has 22 heavy (non-hydrogen) atoms. The highest BCUT2D eigenvalue weighted by atomic mass is 32.1. The molecule has 0 unspecified atom stereocenters. The lowest BCUT2D eigenvalue weighted by Crippen LogP contribution is -2.54. The van der Waals surface area contributed by atoms with Crippen molar-refractivity contribution in [2.45, 2.75) is 37.8 Å². The van der Waals surface area contributed by atoms with E-state index in [1.54, 1.807) is 0 Å². The van der Waals surface area contributed by atoms with Crippen LogP contribution < -0.4 is 21.5 Å². The molecule has 0 radical (unpaired) electrons. The summed E-state index contributed by atoms with van der Waals surface area (Å²) in [5, 5.41) is 8.04. The third-order valence-electron chi connectivity index (χ3n) is 5.48. The van der Waals surface area contributed by atoms with Crippen LogP contribution in [0.2, 0.25) is 0 Å². The van der Waals surface area contributed by atoms with Gasteiger partial charge in [-0.2, -0.15) is 0 Å². The van der Waals surface area contributed by atoms with Crippen molar-refractivity contribution in [2.24, 2.45) is 23.7 Å². The Morgan fingerprint density at radius 3 is 1.45 bits per heavy atom. The molecular formula is C16H22N4S2. The predicted molar refractivity (Wildman–Crippen MR) is 96.0 cm³/mol. The van der Waals surface area contributed by atoms with Crippen LogP contribution in [-0.2, 0) is 0 Å². The second-order valence-electron chi connectivity index (χ2n) is 6.97. The summed E-state index contributed by atoms with van der Waals surface area (Å²) in [7, 11) is 0. The van der Waals surface area contributed by atoms with Crippen molar-refractivity contribution in [2.75, 3.05) is 0 Å². The lowest BCUT2D eigenvalue weighted by molar-refractivity contribution is 0.510. The van der Waals surface area contributed by atoms with E-state index in [2.05, 4.69) is 45.8 Å². The number of hydrazine groups is 1. The first-order valence-corrected chi connectivity index (χ1v) is 8.98. The predicted octanol–water partition coefficient (Wildman–Crippen LogP) is 1.76. The van der Waals surface area contributed by atoms with Gasteiger partial charge >= 0.3 is 0 Å². The molecule has 4 bridgehead atoms. The molecule has 0 aromatic carbocycles. The fraction of sp³-hybridized carbons (Fsp3) is 0.625. The lowest BCUT2D eigenvalue weighted by atomic mass is 10.0. The number of fused-ring (bicyclic) bond motifs is 4. The van der Waals surface area contributed by atoms with Crippen LogP contribution in [0.15, 0.2) is 24.3 Å². The highest BCUT2D eigenvalue weighted by Crippen LogP contribution is 2.39. The summed E-state index contributed by atoms with van der Waals surface area (Å²) >= 11 is 10.7. The van der Waals surface area contributed by atoms with Crippen LogP contribution in [0.5, 0.6) is 0 Å². The maximum absolute atomic E-state index is 5.35. The van der Waals surface area contributed by atoms with Crippen molar-refractivity contribution in [3.05, 3.63) is 24.3 Å². The maximum Gasteiger partial charge on any atom is 0.185 e. The Morgan fingerprint density at radius 1 is 0.682 bits per heavy atom. The van der Waals surface area contributed by atoms with Crippen LogP contribution in [0.3, 0.4) is 0 Å². The summed E-state index contributed by atoms with van der Waals surface area (Å²) in [5.41, 5.74) is 6.02. The SMILES string of the molecule is S=C(NNC(=S)N[C@@H]1C[C@H]2C=C[C@@H]1C2)N[C@@H]1C[C@@H]2C=C[C@@H]1C2. The Kier molecular flexibility index (Phi) is 3.82. The van der Waals surface area contributed by atoms with Gasteiger partial charge in [0.2, 0.25) is 0 Å². The minimum absolute atomic E-state index is 0.467. The third kappa shape index (κ3) is 2.86. The molecule has 0 heterocycles. The van der Waals surface area contributed by atoms with E-state index in [4.69, 9.17) is 24.4 Å². The molecule has 0 aromatic rings. The highest BCUT2D eigenvalue weighted by Gasteiger charge is 2.36. The largest absolute Gasteiger partial charge is 0.358 e. The van der Waals surface area contributed by atoms with Crippen LogP contribution in [0.4, 0.5) is 0 Å². The van der Waals surface area contributed by atoms with E-state index in [0.717, 1.165) is 11.8 Å². The fourth-order valence-electron chi connectivity index (χ4n) is 4.42. The van der Waals surface area contributed by atoms with Crippen LogP contribution in [-0.4, -0.2) is 22.3 Å². The quantitative estimate of drug-likeness (QED) is 0.351. The van der Waals surface area contributed by atoms with Crippen molar-refractivity contribution in [3.8, 4) is 0 Å². The van der Waals surface area contributed by atoms with E-state index in [0.29, 0.717) is 34.1 Å². The smallest absolute Gasteiger partial charge is 0.185 e. The Morgan fingerprint density at radius 2 is 1.14 bits per heavy atom. The molecule has 6 atom stereocenters. The summed E-state index contributed by atoms with van der Waals surface area (Å²) in [5.74, 6) is 2.75. The zero-order valence-electron chi connectivity index (χ0n) is 12.4. The summed E-state index contributed by atoms with van der Waals surface area (Å²) < 4.78 is 0. The van der Waals surface area contributed by atoms with E-state index in [1.807, 2.05) is 0 Å². The van der Waals surface area contributed by atoms with Gasteiger partial charge in [-0.05, 0) is 73.8 Å². The number of nitrogens with one attached hydrogen (secondary N) is 4. The van der Waals surface area contributed by atoms with Crippen molar-refractivity contribution < 1.29 is 0 Å². The second-order valence-corrected chi connectivity index (χ2v) is 7.79. The van der Waals surface area contributed by atoms with Gasteiger partial charge in [0.25, 0.3) is 0 Å². The topological polar surface area (TPSA) is 48.1 Å². The van der Waals surface area contributed by atoms with Gasteiger partial charge < -0.3 is 10.6 Å². The standard InChI is InChI=1S/C16H22N4S2/c21-15(17-13-7-9-1-3-11(13)5-9)19-20-16(22)18-14-8-10-2-4-12(14)6-10/h1-4,9-14H,5-8H2,(H2,17,19,21)(H2,18,20,22)/t9-,10+,11-,12-,13-,14-/m1/s1. The van der Waals surface area contributed by atoms with E-state index < -0.39 is 0 Å². The Hall–Kier alpha value is -1.14. The van der Waals surface area contributed by atoms with Crippen LogP contribution in [0, 0.1) is 23.7 Å². The zero-order chi connectivity index (χ0) is 15.1. The number of thiocarbonyl (C=S) groups is 2. The molecule has 0 saturated heterocycles. The van der Waals surface area contributed by atoms with Gasteiger partial charge in [0, 0.05) is 12.1 Å². The average Bonchev–Trinajstić information content (AvgIpc) is 3.25. The normalized spacial score (nSPS) is 40.0. The molecule has 2 fully saturated rings. The molecule has 0 spiro atoms. The van der Waals surface area contributed by atoms with Gasteiger partial charge in [-0.3, -0.25) is 10.9 Å². The first kappa shape index (κ1) is 14.5. The van der Waals surface area contributed by atoms with Crippen LogP contribution in [0.1, 0.15) is 25.7 Å². The first-order valence-electron chi connectivity index (χ1n) is 8.17. The Bertz CT molecular complexity index is 496. The number of hydrogen-bond donors (Lipinski definition) is 4. The minimum atomic E-state index is 0.467. The molecule has 4 nitrogen and oxygen atoms in total.